The van der Waals surface area contributed by atoms with E-state index in [1.807, 2.05) is 24.4 Å². The lowest BCUT2D eigenvalue weighted by Crippen LogP contribution is -1.76. The van der Waals surface area contributed by atoms with Gasteiger partial charge in [-0.2, -0.15) is 11.3 Å². The molecule has 0 aliphatic heterocycles. The first-order valence-electron chi connectivity index (χ1n) is 3.40. The highest BCUT2D eigenvalue weighted by atomic mass is 32.1. The first-order valence-corrected chi connectivity index (χ1v) is 4.35. The van der Waals surface area contributed by atoms with Gasteiger partial charge in [-0.1, -0.05) is 6.07 Å². The maximum absolute atomic E-state index is 4.23. The van der Waals surface area contributed by atoms with Crippen molar-refractivity contribution in [3.63, 3.8) is 0 Å². The minimum absolute atomic E-state index is 1.05. The largest absolute Gasteiger partial charge is 0.256 e. The van der Waals surface area contributed by atoms with Crippen molar-refractivity contribution in [2.24, 2.45) is 0 Å². The molecule has 0 N–H and O–H groups in total. The topological polar surface area (TPSA) is 12.9 Å². The molecule has 2 heterocycles. The molecule has 0 aliphatic rings. The number of hydrogen-bond donors (Lipinski definition) is 0. The van der Waals surface area contributed by atoms with Gasteiger partial charge in [-0.05, 0) is 23.6 Å². The fraction of sp³-hybridized carbons (Fsp3) is 0. The molecule has 0 bridgehead atoms. The van der Waals surface area contributed by atoms with E-state index < -0.39 is 0 Å². The van der Waals surface area contributed by atoms with Crippen LogP contribution in [0.25, 0.3) is 11.3 Å². The minimum Gasteiger partial charge on any atom is -0.256 e. The van der Waals surface area contributed by atoms with Crippen LogP contribution in [0.3, 0.4) is 0 Å². The van der Waals surface area contributed by atoms with E-state index in [1.165, 1.54) is 5.56 Å². The summed E-state index contributed by atoms with van der Waals surface area (Å²) in [6.45, 7) is 0. The summed E-state index contributed by atoms with van der Waals surface area (Å²) in [6.07, 6.45) is 1.81. The Bertz CT molecular complexity index is 313. The van der Waals surface area contributed by atoms with Gasteiger partial charge >= 0.3 is 0 Å². The van der Waals surface area contributed by atoms with Gasteiger partial charge < -0.3 is 0 Å². The molecule has 0 radical (unpaired) electrons. The number of pyridine rings is 1. The van der Waals surface area contributed by atoms with Crippen LogP contribution in [0.4, 0.5) is 0 Å². The Balaban J connectivity index is 2.46. The monoisotopic (exact) mass is 161 g/mol. The molecule has 0 atom stereocenters. The van der Waals surface area contributed by atoms with Crippen molar-refractivity contribution in [2.75, 3.05) is 0 Å². The summed E-state index contributed by atoms with van der Waals surface area (Å²) in [5, 5.41) is 4.16. The first kappa shape index (κ1) is 6.55. The van der Waals surface area contributed by atoms with Gasteiger partial charge in [0.25, 0.3) is 0 Å². The van der Waals surface area contributed by atoms with E-state index in [0.29, 0.717) is 0 Å². The molecule has 0 aliphatic carbocycles. The fourth-order valence-corrected chi connectivity index (χ4v) is 1.59. The van der Waals surface area contributed by atoms with Crippen molar-refractivity contribution in [3.8, 4) is 11.3 Å². The molecule has 2 rings (SSSR count). The number of hydrogen-bond acceptors (Lipinski definition) is 2. The van der Waals surface area contributed by atoms with Gasteiger partial charge in [0.1, 0.15) is 0 Å². The van der Waals surface area contributed by atoms with Gasteiger partial charge in [-0.3, -0.25) is 4.98 Å². The van der Waals surface area contributed by atoms with E-state index in [1.54, 1.807) is 11.3 Å². The van der Waals surface area contributed by atoms with Crippen molar-refractivity contribution in [3.05, 3.63) is 41.2 Å². The zero-order valence-corrected chi connectivity index (χ0v) is 6.71. The predicted octanol–water partition coefficient (Wildman–Crippen LogP) is 2.81. The van der Waals surface area contributed by atoms with Crippen LogP contribution in [0.15, 0.2) is 41.2 Å². The molecule has 0 amide bonds. The molecule has 2 aromatic heterocycles. The van der Waals surface area contributed by atoms with Crippen molar-refractivity contribution in [1.29, 1.82) is 0 Å². The average Bonchev–Trinajstić information content (AvgIpc) is 2.58. The molecule has 0 fully saturated rings. The maximum atomic E-state index is 4.23. The normalized spacial score (nSPS) is 9.82. The number of rotatable bonds is 1. The summed E-state index contributed by atoms with van der Waals surface area (Å²) in [4.78, 5) is 4.23. The van der Waals surface area contributed by atoms with Gasteiger partial charge in [0.05, 0.1) is 5.69 Å². The quantitative estimate of drug-likeness (QED) is 0.626. The molecular formula is C9H7NS. The van der Waals surface area contributed by atoms with Gasteiger partial charge in [-0.15, -0.1) is 0 Å². The van der Waals surface area contributed by atoms with Crippen LogP contribution in [0, 0.1) is 0 Å². The summed E-state index contributed by atoms with van der Waals surface area (Å²) < 4.78 is 0. The number of thiophene rings is 1. The molecule has 0 saturated carbocycles. The van der Waals surface area contributed by atoms with Gasteiger partial charge in [0.15, 0.2) is 0 Å². The molecule has 0 saturated heterocycles. The van der Waals surface area contributed by atoms with Gasteiger partial charge in [-0.25, -0.2) is 0 Å². The van der Waals surface area contributed by atoms with E-state index in [0.717, 1.165) is 5.69 Å². The molecule has 0 spiro atoms. The summed E-state index contributed by atoms with van der Waals surface area (Å²) in [7, 11) is 0. The third-order valence-electron chi connectivity index (χ3n) is 1.48. The minimum atomic E-state index is 1.05. The van der Waals surface area contributed by atoms with E-state index >= 15 is 0 Å². The fourth-order valence-electron chi connectivity index (χ4n) is 0.944. The van der Waals surface area contributed by atoms with Crippen LogP contribution < -0.4 is 0 Å². The van der Waals surface area contributed by atoms with Crippen LogP contribution in [-0.2, 0) is 0 Å². The van der Waals surface area contributed by atoms with Crippen LogP contribution in [0.2, 0.25) is 0 Å². The molecule has 54 valence electrons. The van der Waals surface area contributed by atoms with E-state index in [9.17, 15) is 0 Å². The van der Waals surface area contributed by atoms with Crippen LogP contribution in [0.5, 0.6) is 0 Å². The van der Waals surface area contributed by atoms with Crippen LogP contribution in [0.1, 0.15) is 0 Å². The third kappa shape index (κ3) is 1.30. The molecular weight excluding hydrogens is 154 g/mol. The highest BCUT2D eigenvalue weighted by molar-refractivity contribution is 7.08. The Kier molecular flexibility index (Phi) is 1.69. The molecule has 0 aromatic carbocycles. The maximum Gasteiger partial charge on any atom is 0.0710 e. The Morgan fingerprint density at radius 2 is 2.18 bits per heavy atom. The van der Waals surface area contributed by atoms with Crippen molar-refractivity contribution >= 4 is 11.3 Å². The predicted molar refractivity (Wildman–Crippen MR) is 47.6 cm³/mol. The Morgan fingerprint density at radius 3 is 2.82 bits per heavy atom. The lowest BCUT2D eigenvalue weighted by atomic mass is 10.2. The number of aromatic nitrogens is 1. The highest BCUT2D eigenvalue weighted by Crippen LogP contribution is 2.18. The summed E-state index contributed by atoms with van der Waals surface area (Å²) in [6, 6.07) is 8.02. The molecule has 11 heavy (non-hydrogen) atoms. The second-order valence-electron chi connectivity index (χ2n) is 2.23. The average molecular weight is 161 g/mol. The lowest BCUT2D eigenvalue weighted by Gasteiger charge is -1.92. The van der Waals surface area contributed by atoms with Crippen LogP contribution in [-0.4, -0.2) is 4.98 Å². The van der Waals surface area contributed by atoms with E-state index in [4.69, 9.17) is 0 Å². The summed E-state index contributed by atoms with van der Waals surface area (Å²) in [5.41, 5.74) is 2.25. The van der Waals surface area contributed by atoms with Crippen LogP contribution >= 0.6 is 11.3 Å². The Morgan fingerprint density at radius 1 is 1.18 bits per heavy atom. The van der Waals surface area contributed by atoms with Crippen molar-refractivity contribution in [1.82, 2.24) is 4.98 Å². The Labute approximate surface area is 69.3 Å². The third-order valence-corrected chi connectivity index (χ3v) is 2.17. The molecule has 2 heteroatoms. The molecule has 0 unspecified atom stereocenters. The Hall–Kier alpha value is -1.15. The zero-order chi connectivity index (χ0) is 7.52. The summed E-state index contributed by atoms with van der Waals surface area (Å²) >= 11 is 1.69. The molecule has 1 nitrogen and oxygen atoms in total. The standard InChI is InChI=1S/C9H7NS/c1-2-5-10-9(3-1)8-4-6-11-7-8/h1-7H. The second kappa shape index (κ2) is 2.84. The zero-order valence-electron chi connectivity index (χ0n) is 5.90. The van der Waals surface area contributed by atoms with Crippen molar-refractivity contribution < 1.29 is 0 Å². The van der Waals surface area contributed by atoms with Gasteiger partial charge in [0.2, 0.25) is 0 Å². The molecule has 2 aromatic rings. The van der Waals surface area contributed by atoms with Crippen molar-refractivity contribution in [2.45, 2.75) is 0 Å². The smallest absolute Gasteiger partial charge is 0.0710 e. The second-order valence-corrected chi connectivity index (χ2v) is 3.01. The van der Waals surface area contributed by atoms with E-state index in [-0.39, 0.29) is 0 Å². The summed E-state index contributed by atoms with van der Waals surface area (Å²) in [5.74, 6) is 0. The first-order chi connectivity index (χ1) is 5.47. The lowest BCUT2D eigenvalue weighted by molar-refractivity contribution is 1.33. The van der Waals surface area contributed by atoms with E-state index in [2.05, 4.69) is 21.8 Å². The van der Waals surface area contributed by atoms with Gasteiger partial charge in [0, 0.05) is 17.1 Å². The number of nitrogens with zero attached hydrogens (tertiary/aromatic N) is 1. The SMILES string of the molecule is c1ccc(-c2ccsc2)nc1. The highest BCUT2D eigenvalue weighted by Gasteiger charge is 1.95.